The molecule has 2 heteroatoms. The van der Waals surface area contributed by atoms with Crippen molar-refractivity contribution >= 4 is 9.39 Å². The van der Waals surface area contributed by atoms with Crippen LogP contribution in [-0.2, 0) is 0 Å². The Morgan fingerprint density at radius 2 is 1.82 bits per heavy atom. The van der Waals surface area contributed by atoms with E-state index in [1.165, 1.54) is 38.8 Å². The minimum absolute atomic E-state index is 0.758. The first-order valence-electron chi connectivity index (χ1n) is 4.70. The average Bonchev–Trinajstić information content (AvgIpc) is 1.92. The summed E-state index contributed by atoms with van der Waals surface area (Å²) in [4.78, 5) is 0. The molecular weight excluding hydrogens is 153 g/mol. The Kier molecular flexibility index (Phi) is 1.97. The summed E-state index contributed by atoms with van der Waals surface area (Å²) < 4.78 is 2.37. The molecule has 0 bridgehead atoms. The van der Waals surface area contributed by atoms with Crippen molar-refractivity contribution in [1.82, 2.24) is 4.67 Å². The highest BCUT2D eigenvalue weighted by atomic mass is 31.0. The van der Waals surface area contributed by atoms with E-state index in [1.807, 2.05) is 0 Å². The molecular formula is C9H18NP. The Morgan fingerprint density at radius 1 is 1.27 bits per heavy atom. The predicted molar refractivity (Wildman–Crippen MR) is 51.3 cm³/mol. The van der Waals surface area contributed by atoms with Crippen molar-refractivity contribution in [1.29, 1.82) is 0 Å². The first-order valence-corrected chi connectivity index (χ1v) is 5.22. The lowest BCUT2D eigenvalue weighted by Crippen LogP contribution is -2.52. The Morgan fingerprint density at radius 3 is 2.27 bits per heavy atom. The maximum Gasteiger partial charge on any atom is 0.00854 e. The van der Waals surface area contributed by atoms with Crippen LogP contribution in [0.3, 0.4) is 0 Å². The number of nitrogens with zero attached hydrogens (tertiary/aromatic N) is 1. The topological polar surface area (TPSA) is 3.24 Å². The molecule has 1 atom stereocenters. The normalized spacial score (nSPS) is 32.2. The van der Waals surface area contributed by atoms with Crippen LogP contribution in [0, 0.1) is 11.3 Å². The van der Waals surface area contributed by atoms with Gasteiger partial charge < -0.3 is 0 Å². The van der Waals surface area contributed by atoms with Gasteiger partial charge in [-0.3, -0.25) is 4.67 Å². The van der Waals surface area contributed by atoms with E-state index in [0.29, 0.717) is 0 Å². The first kappa shape index (κ1) is 8.01. The second-order valence-corrected chi connectivity index (χ2v) is 5.32. The largest absolute Gasteiger partial charge is 0.286 e. The lowest BCUT2D eigenvalue weighted by Gasteiger charge is -2.51. The van der Waals surface area contributed by atoms with Gasteiger partial charge in [-0.15, -0.1) is 0 Å². The molecule has 1 nitrogen and oxygen atoms in total. The summed E-state index contributed by atoms with van der Waals surface area (Å²) >= 11 is 0. The van der Waals surface area contributed by atoms with Crippen molar-refractivity contribution in [2.24, 2.45) is 11.3 Å². The molecule has 1 spiro atoms. The van der Waals surface area contributed by atoms with Gasteiger partial charge in [-0.2, -0.15) is 0 Å². The van der Waals surface area contributed by atoms with Gasteiger partial charge in [0.05, 0.1) is 0 Å². The summed E-state index contributed by atoms with van der Waals surface area (Å²) in [5.41, 5.74) is 0.758. The van der Waals surface area contributed by atoms with E-state index in [4.69, 9.17) is 0 Å². The molecule has 1 heterocycles. The molecule has 1 unspecified atom stereocenters. The number of rotatable bonds is 0. The van der Waals surface area contributed by atoms with E-state index in [0.717, 1.165) is 11.3 Å². The third-order valence-electron chi connectivity index (χ3n) is 3.41. The zero-order chi connectivity index (χ0) is 7.90. The van der Waals surface area contributed by atoms with Gasteiger partial charge in [0.2, 0.25) is 0 Å². The van der Waals surface area contributed by atoms with E-state index in [2.05, 4.69) is 21.0 Å². The second kappa shape index (κ2) is 2.71. The fourth-order valence-electron chi connectivity index (χ4n) is 2.51. The number of hydrogen-bond donors (Lipinski definition) is 0. The lowest BCUT2D eigenvalue weighted by atomic mass is 9.67. The number of hydrogen-bond acceptors (Lipinski definition) is 1. The molecule has 1 aliphatic carbocycles. The molecule has 2 rings (SSSR count). The van der Waals surface area contributed by atoms with Crippen molar-refractivity contribution in [3.8, 4) is 0 Å². The molecule has 1 aliphatic heterocycles. The van der Waals surface area contributed by atoms with Crippen molar-refractivity contribution in [2.45, 2.75) is 32.6 Å². The fraction of sp³-hybridized carbons (Fsp3) is 1.00. The quantitative estimate of drug-likeness (QED) is 0.505. The Balaban J connectivity index is 1.88. The van der Waals surface area contributed by atoms with Gasteiger partial charge in [-0.05, 0) is 24.2 Å². The summed E-state index contributed by atoms with van der Waals surface area (Å²) in [6.07, 6.45) is 5.91. The molecule has 11 heavy (non-hydrogen) atoms. The van der Waals surface area contributed by atoms with Crippen LogP contribution in [0.5, 0.6) is 0 Å². The van der Waals surface area contributed by atoms with Crippen LogP contribution in [0.4, 0.5) is 0 Å². The third kappa shape index (κ3) is 1.46. The van der Waals surface area contributed by atoms with E-state index in [9.17, 15) is 0 Å². The predicted octanol–water partition coefficient (Wildman–Crippen LogP) is 2.29. The molecule has 0 aromatic rings. The van der Waals surface area contributed by atoms with Crippen LogP contribution in [0.25, 0.3) is 0 Å². The fourth-order valence-corrected chi connectivity index (χ4v) is 3.28. The smallest absolute Gasteiger partial charge is 0.00854 e. The molecule has 0 N–H and O–H groups in total. The lowest BCUT2D eigenvalue weighted by molar-refractivity contribution is 0.0239. The van der Waals surface area contributed by atoms with E-state index >= 15 is 0 Å². The minimum atomic E-state index is 0.758. The molecule has 64 valence electrons. The summed E-state index contributed by atoms with van der Waals surface area (Å²) in [5, 5.41) is 0. The maximum atomic E-state index is 2.81. The van der Waals surface area contributed by atoms with E-state index < -0.39 is 0 Å². The summed E-state index contributed by atoms with van der Waals surface area (Å²) in [7, 11) is 2.81. The van der Waals surface area contributed by atoms with Gasteiger partial charge in [0, 0.05) is 13.1 Å². The zero-order valence-electron chi connectivity index (χ0n) is 7.34. The van der Waals surface area contributed by atoms with Crippen molar-refractivity contribution < 1.29 is 0 Å². The average molecular weight is 171 g/mol. The van der Waals surface area contributed by atoms with Crippen LogP contribution in [0.2, 0.25) is 0 Å². The second-order valence-electron chi connectivity index (χ2n) is 4.59. The van der Waals surface area contributed by atoms with Crippen LogP contribution < -0.4 is 0 Å². The monoisotopic (exact) mass is 171 g/mol. The molecule has 1 saturated carbocycles. The Labute approximate surface area is 71.8 Å². The van der Waals surface area contributed by atoms with E-state index in [1.54, 1.807) is 0 Å². The molecule has 0 radical (unpaired) electrons. The summed E-state index contributed by atoms with van der Waals surface area (Å²) in [6.45, 7) is 5.07. The molecule has 1 saturated heterocycles. The molecule has 0 amide bonds. The van der Waals surface area contributed by atoms with Crippen molar-refractivity contribution in [2.75, 3.05) is 13.1 Å². The summed E-state index contributed by atoms with van der Waals surface area (Å²) in [5.74, 6) is 0.999. The van der Waals surface area contributed by atoms with E-state index in [-0.39, 0.29) is 0 Å². The third-order valence-corrected chi connectivity index (χ3v) is 3.78. The van der Waals surface area contributed by atoms with Crippen LogP contribution in [0.1, 0.15) is 32.6 Å². The standard InChI is InChI=1S/C9H18NP/c1-8-2-4-9(5-3-8)6-10(11)7-9/h8H,2-7,11H2,1H3. The molecule has 0 aromatic carbocycles. The van der Waals surface area contributed by atoms with Crippen LogP contribution in [0.15, 0.2) is 0 Å². The highest BCUT2D eigenvalue weighted by Crippen LogP contribution is 2.46. The van der Waals surface area contributed by atoms with Gasteiger partial charge >= 0.3 is 0 Å². The van der Waals surface area contributed by atoms with Gasteiger partial charge in [-0.1, -0.05) is 29.2 Å². The summed E-state index contributed by atoms with van der Waals surface area (Å²) in [6, 6.07) is 0. The Hall–Kier alpha value is 0.390. The minimum Gasteiger partial charge on any atom is -0.286 e. The van der Waals surface area contributed by atoms with Gasteiger partial charge in [0.15, 0.2) is 0 Å². The van der Waals surface area contributed by atoms with Crippen molar-refractivity contribution in [3.63, 3.8) is 0 Å². The molecule has 2 aliphatic rings. The van der Waals surface area contributed by atoms with Crippen LogP contribution in [-0.4, -0.2) is 17.8 Å². The van der Waals surface area contributed by atoms with Gasteiger partial charge in [-0.25, -0.2) is 0 Å². The van der Waals surface area contributed by atoms with Gasteiger partial charge in [0.25, 0.3) is 0 Å². The maximum absolute atomic E-state index is 2.81. The first-order chi connectivity index (χ1) is 5.20. The molecule has 0 aromatic heterocycles. The highest BCUT2D eigenvalue weighted by molar-refractivity contribution is 7.13. The molecule has 2 fully saturated rings. The van der Waals surface area contributed by atoms with Crippen LogP contribution >= 0.6 is 9.39 Å². The SMILES string of the molecule is CC1CCC2(CC1)CN(P)C2. The highest BCUT2D eigenvalue weighted by Gasteiger charge is 2.42. The zero-order valence-corrected chi connectivity index (χ0v) is 8.50. The van der Waals surface area contributed by atoms with Crippen molar-refractivity contribution in [3.05, 3.63) is 0 Å². The van der Waals surface area contributed by atoms with Gasteiger partial charge in [0.1, 0.15) is 0 Å². The Bertz CT molecular complexity index is 142.